The molecule has 2 heterocycles. The van der Waals surface area contributed by atoms with Crippen LogP contribution in [-0.2, 0) is 0 Å². The number of rotatable bonds is 3. The molecule has 2 rings (SSSR count). The van der Waals surface area contributed by atoms with E-state index >= 15 is 0 Å². The minimum atomic E-state index is -0.760. The molecule has 0 saturated carbocycles. The van der Waals surface area contributed by atoms with E-state index in [9.17, 15) is 13.6 Å². The molecule has 19 heavy (non-hydrogen) atoms. The lowest BCUT2D eigenvalue weighted by molar-refractivity contribution is 0.102. The molecule has 0 aliphatic heterocycles. The number of pyridine rings is 2. The van der Waals surface area contributed by atoms with E-state index in [1.165, 1.54) is 25.4 Å². The van der Waals surface area contributed by atoms with Gasteiger partial charge in [-0.2, -0.15) is 0 Å². The first kappa shape index (κ1) is 12.9. The predicted molar refractivity (Wildman–Crippen MR) is 65.9 cm³/mol. The van der Waals surface area contributed by atoms with E-state index in [1.54, 1.807) is 0 Å². The molecular formula is C12H10F2N4O. The van der Waals surface area contributed by atoms with Crippen molar-refractivity contribution in [3.63, 3.8) is 0 Å². The summed E-state index contributed by atoms with van der Waals surface area (Å²) >= 11 is 0. The van der Waals surface area contributed by atoms with Crippen molar-refractivity contribution in [2.45, 2.75) is 0 Å². The van der Waals surface area contributed by atoms with Gasteiger partial charge in [-0.05, 0) is 18.2 Å². The van der Waals surface area contributed by atoms with Gasteiger partial charge in [0.05, 0.1) is 11.8 Å². The average Bonchev–Trinajstić information content (AvgIpc) is 2.41. The second kappa shape index (κ2) is 5.38. The highest BCUT2D eigenvalue weighted by molar-refractivity contribution is 6.04. The van der Waals surface area contributed by atoms with Crippen LogP contribution in [0.2, 0.25) is 0 Å². The first-order valence-electron chi connectivity index (χ1n) is 5.37. The number of hydrogen-bond acceptors (Lipinski definition) is 4. The molecule has 0 fully saturated rings. The number of aromatic nitrogens is 2. The van der Waals surface area contributed by atoms with Crippen molar-refractivity contribution >= 4 is 17.5 Å². The highest BCUT2D eigenvalue weighted by Gasteiger charge is 2.15. The van der Waals surface area contributed by atoms with Crippen molar-refractivity contribution in [3.05, 3.63) is 47.8 Å². The Kier molecular flexibility index (Phi) is 3.65. The van der Waals surface area contributed by atoms with Gasteiger partial charge >= 0.3 is 0 Å². The zero-order chi connectivity index (χ0) is 13.8. The number of carbonyl (C=O) groups excluding carboxylic acids is 1. The van der Waals surface area contributed by atoms with Crippen molar-refractivity contribution in [2.24, 2.45) is 0 Å². The normalized spacial score (nSPS) is 10.1. The minimum absolute atomic E-state index is 0.0280. The fourth-order valence-electron chi connectivity index (χ4n) is 1.43. The first-order valence-corrected chi connectivity index (χ1v) is 5.37. The molecule has 2 aromatic heterocycles. The van der Waals surface area contributed by atoms with Crippen LogP contribution in [0.25, 0.3) is 0 Å². The van der Waals surface area contributed by atoms with Gasteiger partial charge < -0.3 is 10.6 Å². The van der Waals surface area contributed by atoms with E-state index in [-0.39, 0.29) is 17.2 Å². The maximum atomic E-state index is 13.8. The fourth-order valence-corrected chi connectivity index (χ4v) is 1.43. The van der Waals surface area contributed by atoms with Crippen molar-refractivity contribution in [1.82, 2.24) is 9.97 Å². The quantitative estimate of drug-likeness (QED) is 0.890. The van der Waals surface area contributed by atoms with Gasteiger partial charge in [0, 0.05) is 13.2 Å². The lowest BCUT2D eigenvalue weighted by Crippen LogP contribution is -2.16. The van der Waals surface area contributed by atoms with Crippen LogP contribution >= 0.6 is 0 Å². The van der Waals surface area contributed by atoms with Gasteiger partial charge in [0.1, 0.15) is 11.6 Å². The minimum Gasteiger partial charge on any atom is -0.371 e. The van der Waals surface area contributed by atoms with Gasteiger partial charge in [0.2, 0.25) is 0 Å². The van der Waals surface area contributed by atoms with E-state index in [2.05, 4.69) is 20.6 Å². The number of anilines is 2. The first-order chi connectivity index (χ1) is 9.11. The van der Waals surface area contributed by atoms with Crippen LogP contribution in [0.1, 0.15) is 10.4 Å². The Morgan fingerprint density at radius 1 is 1.21 bits per heavy atom. The number of carbonyl (C=O) groups is 1. The van der Waals surface area contributed by atoms with Crippen LogP contribution in [-0.4, -0.2) is 22.9 Å². The molecule has 1 amide bonds. The maximum absolute atomic E-state index is 13.8. The van der Waals surface area contributed by atoms with Crippen LogP contribution in [0, 0.1) is 11.6 Å². The Labute approximate surface area is 107 Å². The third-order valence-electron chi connectivity index (χ3n) is 2.34. The lowest BCUT2D eigenvalue weighted by atomic mass is 10.2. The third kappa shape index (κ3) is 2.82. The highest BCUT2D eigenvalue weighted by Crippen LogP contribution is 2.15. The monoisotopic (exact) mass is 264 g/mol. The molecule has 2 N–H and O–H groups in total. The van der Waals surface area contributed by atoms with Gasteiger partial charge in [0.15, 0.2) is 11.6 Å². The van der Waals surface area contributed by atoms with Gasteiger partial charge in [-0.25, -0.2) is 18.7 Å². The summed E-state index contributed by atoms with van der Waals surface area (Å²) in [6.45, 7) is 0. The number of amides is 1. The van der Waals surface area contributed by atoms with Gasteiger partial charge in [-0.1, -0.05) is 0 Å². The van der Waals surface area contributed by atoms with Gasteiger partial charge in [-0.15, -0.1) is 0 Å². The summed E-state index contributed by atoms with van der Waals surface area (Å²) < 4.78 is 26.5. The van der Waals surface area contributed by atoms with E-state index in [0.717, 1.165) is 12.3 Å². The van der Waals surface area contributed by atoms with Crippen LogP contribution < -0.4 is 10.6 Å². The fraction of sp³-hybridized carbons (Fsp3) is 0.0833. The summed E-state index contributed by atoms with van der Waals surface area (Å²) in [6.07, 6.45) is 2.26. The Hall–Kier alpha value is -2.57. The van der Waals surface area contributed by atoms with E-state index in [1.807, 2.05) is 0 Å². The number of hydrogen-bond donors (Lipinski definition) is 2. The SMILES string of the molecule is CNc1nccc(C(=O)Nc2ccc(F)cn2)c1F. The summed E-state index contributed by atoms with van der Waals surface area (Å²) in [6, 6.07) is 3.67. The Morgan fingerprint density at radius 2 is 2.00 bits per heavy atom. The second-order valence-electron chi connectivity index (χ2n) is 3.59. The molecule has 0 aromatic carbocycles. The Bertz CT molecular complexity index is 601. The molecule has 0 bridgehead atoms. The Morgan fingerprint density at radius 3 is 2.63 bits per heavy atom. The van der Waals surface area contributed by atoms with Crippen molar-refractivity contribution in [1.29, 1.82) is 0 Å². The summed E-state index contributed by atoms with van der Waals surface area (Å²) in [5.41, 5.74) is -0.175. The van der Waals surface area contributed by atoms with Crippen molar-refractivity contribution < 1.29 is 13.6 Å². The smallest absolute Gasteiger partial charge is 0.259 e. The van der Waals surface area contributed by atoms with Crippen LogP contribution in [0.4, 0.5) is 20.4 Å². The molecular weight excluding hydrogens is 254 g/mol. The summed E-state index contributed by atoms with van der Waals surface area (Å²) in [5, 5.41) is 4.90. The molecule has 7 heteroatoms. The van der Waals surface area contributed by atoms with Gasteiger partial charge in [0.25, 0.3) is 5.91 Å². The molecule has 0 aliphatic rings. The molecule has 0 unspecified atom stereocenters. The lowest BCUT2D eigenvalue weighted by Gasteiger charge is -2.07. The van der Waals surface area contributed by atoms with Crippen LogP contribution in [0.3, 0.4) is 0 Å². The zero-order valence-electron chi connectivity index (χ0n) is 9.95. The average molecular weight is 264 g/mol. The highest BCUT2D eigenvalue weighted by atomic mass is 19.1. The molecule has 0 atom stereocenters. The standard InChI is InChI=1S/C12H10F2N4O/c1-15-11-10(14)8(4-5-16-11)12(19)18-9-3-2-7(13)6-17-9/h2-6H,1H3,(H,15,16)(H,17,18,19). The van der Waals surface area contributed by atoms with Gasteiger partial charge in [-0.3, -0.25) is 4.79 Å². The predicted octanol–water partition coefficient (Wildman–Crippen LogP) is 2.05. The zero-order valence-corrected chi connectivity index (χ0v) is 9.95. The molecule has 0 spiro atoms. The number of nitrogens with zero attached hydrogens (tertiary/aromatic N) is 2. The molecule has 5 nitrogen and oxygen atoms in total. The van der Waals surface area contributed by atoms with E-state index in [0.29, 0.717) is 0 Å². The van der Waals surface area contributed by atoms with E-state index < -0.39 is 17.5 Å². The molecule has 0 saturated heterocycles. The largest absolute Gasteiger partial charge is 0.371 e. The van der Waals surface area contributed by atoms with Crippen LogP contribution in [0.5, 0.6) is 0 Å². The summed E-state index contributed by atoms with van der Waals surface area (Å²) in [7, 11) is 1.49. The van der Waals surface area contributed by atoms with Crippen LogP contribution in [0.15, 0.2) is 30.6 Å². The molecule has 0 radical (unpaired) electrons. The van der Waals surface area contributed by atoms with Crippen molar-refractivity contribution in [2.75, 3.05) is 17.7 Å². The molecule has 98 valence electrons. The second-order valence-corrected chi connectivity index (χ2v) is 3.59. The van der Waals surface area contributed by atoms with E-state index in [4.69, 9.17) is 0 Å². The Balaban J connectivity index is 2.23. The number of halogens is 2. The summed E-state index contributed by atoms with van der Waals surface area (Å²) in [4.78, 5) is 19.2. The molecule has 2 aromatic rings. The number of nitrogens with one attached hydrogen (secondary N) is 2. The maximum Gasteiger partial charge on any atom is 0.259 e. The molecule has 0 aliphatic carbocycles. The summed E-state index contributed by atoms with van der Waals surface area (Å²) in [5.74, 6) is -1.86. The third-order valence-corrected chi connectivity index (χ3v) is 2.34. The van der Waals surface area contributed by atoms with Crippen molar-refractivity contribution in [3.8, 4) is 0 Å². The topological polar surface area (TPSA) is 66.9 Å².